The molecular formula is C21H18N4O2. The lowest BCUT2D eigenvalue weighted by Gasteiger charge is -2.12. The maximum atomic E-state index is 12.5. The van der Waals surface area contributed by atoms with E-state index in [1.165, 1.54) is 4.57 Å². The number of hydrogen-bond donors (Lipinski definition) is 2. The summed E-state index contributed by atoms with van der Waals surface area (Å²) in [6.07, 6.45) is 1.61. The summed E-state index contributed by atoms with van der Waals surface area (Å²) in [5, 5.41) is 3.66. The largest absolute Gasteiger partial charge is 0.380 e. The fourth-order valence-corrected chi connectivity index (χ4v) is 3.06. The zero-order valence-electron chi connectivity index (χ0n) is 14.6. The van der Waals surface area contributed by atoms with Gasteiger partial charge in [-0.3, -0.25) is 14.3 Å². The van der Waals surface area contributed by atoms with Crippen molar-refractivity contribution in [3.05, 3.63) is 105 Å². The van der Waals surface area contributed by atoms with Crippen molar-refractivity contribution in [3.63, 3.8) is 0 Å². The number of benzene rings is 2. The van der Waals surface area contributed by atoms with Crippen LogP contribution in [0.1, 0.15) is 11.1 Å². The number of H-pyrrole nitrogens is 1. The van der Waals surface area contributed by atoms with Gasteiger partial charge in [0.15, 0.2) is 5.65 Å². The summed E-state index contributed by atoms with van der Waals surface area (Å²) in [6.45, 7) is 0.902. The summed E-state index contributed by atoms with van der Waals surface area (Å²) in [5.74, 6) is 0. The second kappa shape index (κ2) is 7.29. The van der Waals surface area contributed by atoms with Crippen LogP contribution < -0.4 is 16.6 Å². The van der Waals surface area contributed by atoms with Gasteiger partial charge in [0.1, 0.15) is 5.39 Å². The summed E-state index contributed by atoms with van der Waals surface area (Å²) >= 11 is 0. The van der Waals surface area contributed by atoms with E-state index in [1.54, 1.807) is 12.3 Å². The predicted octanol–water partition coefficient (Wildman–Crippen LogP) is 2.75. The summed E-state index contributed by atoms with van der Waals surface area (Å²) in [6, 6.07) is 21.2. The van der Waals surface area contributed by atoms with Crippen molar-refractivity contribution in [1.29, 1.82) is 0 Å². The van der Waals surface area contributed by atoms with Gasteiger partial charge in [-0.2, -0.15) is 0 Å². The van der Waals surface area contributed by atoms with E-state index in [4.69, 9.17) is 0 Å². The molecule has 0 unspecified atom stereocenters. The third-order valence-electron chi connectivity index (χ3n) is 4.39. The molecule has 0 aliphatic heterocycles. The first-order valence-electron chi connectivity index (χ1n) is 8.66. The molecule has 0 saturated heterocycles. The van der Waals surface area contributed by atoms with E-state index in [9.17, 15) is 9.59 Å². The van der Waals surface area contributed by atoms with Crippen molar-refractivity contribution in [2.24, 2.45) is 0 Å². The van der Waals surface area contributed by atoms with Crippen molar-refractivity contribution in [2.45, 2.75) is 13.1 Å². The van der Waals surface area contributed by atoms with E-state index >= 15 is 0 Å². The van der Waals surface area contributed by atoms with Crippen LogP contribution in [0.4, 0.5) is 5.69 Å². The summed E-state index contributed by atoms with van der Waals surface area (Å²) in [7, 11) is 0. The lowest BCUT2D eigenvalue weighted by molar-refractivity contribution is 0.746. The maximum absolute atomic E-state index is 12.5. The second-order valence-electron chi connectivity index (χ2n) is 6.23. The Labute approximate surface area is 155 Å². The van der Waals surface area contributed by atoms with Crippen molar-refractivity contribution in [3.8, 4) is 0 Å². The normalized spacial score (nSPS) is 10.8. The van der Waals surface area contributed by atoms with Gasteiger partial charge in [0.05, 0.1) is 12.2 Å². The fourth-order valence-electron chi connectivity index (χ4n) is 3.06. The van der Waals surface area contributed by atoms with Crippen molar-refractivity contribution >= 4 is 16.7 Å². The quantitative estimate of drug-likeness (QED) is 0.575. The molecule has 0 aliphatic rings. The average Bonchev–Trinajstić information content (AvgIpc) is 2.71. The number of nitrogens with zero attached hydrogens (tertiary/aromatic N) is 2. The Hall–Kier alpha value is -3.67. The SMILES string of the molecule is O=c1[nH]c(=O)n(Cc2ccccc2)c2nccc(NCc3ccccc3)c12. The minimum atomic E-state index is -0.468. The number of aromatic amines is 1. The molecule has 27 heavy (non-hydrogen) atoms. The summed E-state index contributed by atoms with van der Waals surface area (Å²) in [4.78, 5) is 31.6. The van der Waals surface area contributed by atoms with E-state index in [2.05, 4.69) is 15.3 Å². The molecule has 0 amide bonds. The van der Waals surface area contributed by atoms with E-state index in [-0.39, 0.29) is 0 Å². The molecule has 134 valence electrons. The Bertz CT molecular complexity index is 1180. The van der Waals surface area contributed by atoms with Crippen LogP contribution in [0.2, 0.25) is 0 Å². The minimum absolute atomic E-state index is 0.335. The highest BCUT2D eigenvalue weighted by Gasteiger charge is 2.13. The number of aromatic nitrogens is 3. The molecule has 2 heterocycles. The third kappa shape index (κ3) is 3.50. The second-order valence-corrected chi connectivity index (χ2v) is 6.23. The Morgan fingerprint density at radius 1 is 0.889 bits per heavy atom. The molecule has 6 heteroatoms. The predicted molar refractivity (Wildman–Crippen MR) is 106 cm³/mol. The number of nitrogens with one attached hydrogen (secondary N) is 2. The molecule has 0 fully saturated rings. The van der Waals surface area contributed by atoms with Crippen molar-refractivity contribution < 1.29 is 0 Å². The highest BCUT2D eigenvalue weighted by atomic mass is 16.2. The van der Waals surface area contributed by atoms with E-state index < -0.39 is 11.2 Å². The molecule has 2 N–H and O–H groups in total. The average molecular weight is 358 g/mol. The molecule has 0 aliphatic carbocycles. The van der Waals surface area contributed by atoms with Gasteiger partial charge in [0, 0.05) is 12.7 Å². The molecule has 0 radical (unpaired) electrons. The van der Waals surface area contributed by atoms with Gasteiger partial charge in [-0.25, -0.2) is 9.78 Å². The molecule has 0 spiro atoms. The highest BCUT2D eigenvalue weighted by molar-refractivity contribution is 5.88. The van der Waals surface area contributed by atoms with Gasteiger partial charge >= 0.3 is 5.69 Å². The number of fused-ring (bicyclic) bond motifs is 1. The highest BCUT2D eigenvalue weighted by Crippen LogP contribution is 2.18. The molecular weight excluding hydrogens is 340 g/mol. The minimum Gasteiger partial charge on any atom is -0.380 e. The Balaban J connectivity index is 1.77. The molecule has 2 aromatic carbocycles. The Kier molecular flexibility index (Phi) is 4.53. The summed E-state index contributed by atoms with van der Waals surface area (Å²) in [5.41, 5.74) is 2.15. The Morgan fingerprint density at radius 3 is 2.26 bits per heavy atom. The fraction of sp³-hybridized carbons (Fsp3) is 0.0952. The monoisotopic (exact) mass is 358 g/mol. The van der Waals surface area contributed by atoms with Crippen LogP contribution in [0.15, 0.2) is 82.5 Å². The van der Waals surface area contributed by atoms with Gasteiger partial charge in [0.2, 0.25) is 0 Å². The molecule has 6 nitrogen and oxygen atoms in total. The number of pyridine rings is 1. The van der Waals surface area contributed by atoms with Crippen LogP contribution in [0, 0.1) is 0 Å². The van der Waals surface area contributed by atoms with Gasteiger partial charge in [-0.15, -0.1) is 0 Å². The first-order chi connectivity index (χ1) is 13.2. The standard InChI is InChI=1S/C21H18N4O2/c26-20-18-17(23-13-15-7-3-1-4-8-15)11-12-22-19(18)25(21(27)24-20)14-16-9-5-2-6-10-16/h1-12H,13-14H2,(H,22,23)(H,24,26,27). The zero-order chi connectivity index (χ0) is 18.6. The smallest absolute Gasteiger partial charge is 0.330 e. The van der Waals surface area contributed by atoms with Crippen LogP contribution in [0.5, 0.6) is 0 Å². The summed E-state index contributed by atoms with van der Waals surface area (Å²) < 4.78 is 1.49. The van der Waals surface area contributed by atoms with E-state index in [1.807, 2.05) is 60.7 Å². The van der Waals surface area contributed by atoms with Crippen molar-refractivity contribution in [1.82, 2.24) is 14.5 Å². The van der Waals surface area contributed by atoms with Crippen molar-refractivity contribution in [2.75, 3.05) is 5.32 Å². The van der Waals surface area contributed by atoms with Crippen LogP contribution >= 0.6 is 0 Å². The van der Waals surface area contributed by atoms with Crippen LogP contribution in [0.3, 0.4) is 0 Å². The maximum Gasteiger partial charge on any atom is 0.330 e. The van der Waals surface area contributed by atoms with E-state index in [0.29, 0.717) is 29.8 Å². The first-order valence-corrected chi connectivity index (χ1v) is 8.66. The van der Waals surface area contributed by atoms with E-state index in [0.717, 1.165) is 11.1 Å². The third-order valence-corrected chi connectivity index (χ3v) is 4.39. The van der Waals surface area contributed by atoms with Crippen LogP contribution in [-0.2, 0) is 13.1 Å². The Morgan fingerprint density at radius 2 is 1.56 bits per heavy atom. The molecule has 0 saturated carbocycles. The van der Waals surface area contributed by atoms with Gasteiger partial charge in [0.25, 0.3) is 5.56 Å². The number of hydrogen-bond acceptors (Lipinski definition) is 4. The number of anilines is 1. The number of rotatable bonds is 5. The first kappa shape index (κ1) is 16.8. The lowest BCUT2D eigenvalue weighted by Crippen LogP contribution is -2.31. The molecule has 4 aromatic rings. The van der Waals surface area contributed by atoms with Crippen LogP contribution in [-0.4, -0.2) is 14.5 Å². The topological polar surface area (TPSA) is 79.8 Å². The lowest BCUT2D eigenvalue weighted by atomic mass is 10.2. The molecule has 0 atom stereocenters. The van der Waals surface area contributed by atoms with Gasteiger partial charge < -0.3 is 5.32 Å². The van der Waals surface area contributed by atoms with Crippen LogP contribution in [0.25, 0.3) is 11.0 Å². The van der Waals surface area contributed by atoms with Gasteiger partial charge in [-0.05, 0) is 17.2 Å². The van der Waals surface area contributed by atoms with Gasteiger partial charge in [-0.1, -0.05) is 60.7 Å². The molecule has 4 rings (SSSR count). The molecule has 2 aromatic heterocycles. The zero-order valence-corrected chi connectivity index (χ0v) is 14.6. The molecule has 0 bridgehead atoms.